The molecule has 1 saturated heterocycles. The van der Waals surface area contributed by atoms with Crippen molar-refractivity contribution in [3.8, 4) is 0 Å². The van der Waals surface area contributed by atoms with E-state index in [0.29, 0.717) is 6.04 Å². The maximum atomic E-state index is 13.7. The Kier molecular flexibility index (Phi) is 8.13. The molecule has 1 aromatic carbocycles. The van der Waals surface area contributed by atoms with Gasteiger partial charge in [0.25, 0.3) is 0 Å². The number of benzene rings is 1. The van der Waals surface area contributed by atoms with Crippen LogP contribution in [-0.4, -0.2) is 40.4 Å². The summed E-state index contributed by atoms with van der Waals surface area (Å²) < 4.78 is 27.1. The van der Waals surface area contributed by atoms with Gasteiger partial charge in [0.05, 0.1) is 12.1 Å². The number of hydrogen-bond donors (Lipinski definition) is 1. The van der Waals surface area contributed by atoms with Gasteiger partial charge in [0, 0.05) is 36.0 Å². The van der Waals surface area contributed by atoms with Crippen molar-refractivity contribution in [3.63, 3.8) is 0 Å². The standard InChI is InChI=1S/C20H27F2N3OS.ClH/c1-12-16(22)9-14(21)10-17(12)24-19(26)11-18-13(2)27-20(25(18)3)23-15-7-5-4-6-8-15;/h9-10,13,15,18H,4-8,11H2,1-3H3,(H,24,26);1H. The lowest BCUT2D eigenvalue weighted by Crippen LogP contribution is -2.36. The molecule has 2 fully saturated rings. The zero-order valence-electron chi connectivity index (χ0n) is 16.5. The third-order valence-corrected chi connectivity index (χ3v) is 6.77. The highest BCUT2D eigenvalue weighted by Gasteiger charge is 2.36. The predicted octanol–water partition coefficient (Wildman–Crippen LogP) is 5.15. The van der Waals surface area contributed by atoms with Crippen LogP contribution in [0, 0.1) is 18.6 Å². The quantitative estimate of drug-likeness (QED) is 0.717. The second-order valence-electron chi connectivity index (χ2n) is 7.52. The van der Waals surface area contributed by atoms with Crippen molar-refractivity contribution in [1.82, 2.24) is 4.90 Å². The third-order valence-electron chi connectivity index (χ3n) is 5.48. The highest BCUT2D eigenvalue weighted by atomic mass is 35.5. The summed E-state index contributed by atoms with van der Waals surface area (Å²) in [6.07, 6.45) is 6.31. The van der Waals surface area contributed by atoms with Gasteiger partial charge in [0.15, 0.2) is 5.17 Å². The number of anilines is 1. The van der Waals surface area contributed by atoms with Crippen molar-refractivity contribution in [2.45, 2.75) is 69.7 Å². The minimum Gasteiger partial charge on any atom is -0.350 e. The fourth-order valence-corrected chi connectivity index (χ4v) is 5.02. The van der Waals surface area contributed by atoms with Gasteiger partial charge < -0.3 is 10.2 Å². The van der Waals surface area contributed by atoms with Crippen molar-refractivity contribution in [2.75, 3.05) is 12.4 Å². The number of amidine groups is 1. The van der Waals surface area contributed by atoms with Crippen LogP contribution in [0.3, 0.4) is 0 Å². The van der Waals surface area contributed by atoms with Gasteiger partial charge in [-0.1, -0.05) is 37.9 Å². The SMILES string of the molecule is Cc1c(F)cc(F)cc1NC(=O)CC1C(C)SC(=NC2CCCCC2)N1C.Cl. The lowest BCUT2D eigenvalue weighted by molar-refractivity contribution is -0.117. The first-order chi connectivity index (χ1) is 12.8. The number of rotatable bonds is 4. The van der Waals surface area contributed by atoms with Gasteiger partial charge in [-0.3, -0.25) is 9.79 Å². The molecule has 1 amide bonds. The Morgan fingerprint density at radius 1 is 1.29 bits per heavy atom. The van der Waals surface area contributed by atoms with Crippen LogP contribution >= 0.6 is 24.2 Å². The molecule has 2 unspecified atom stereocenters. The topological polar surface area (TPSA) is 44.7 Å². The van der Waals surface area contributed by atoms with Gasteiger partial charge in [-0.25, -0.2) is 8.78 Å². The van der Waals surface area contributed by atoms with Gasteiger partial charge in [0.2, 0.25) is 5.91 Å². The second kappa shape index (κ2) is 9.92. The van der Waals surface area contributed by atoms with Crippen molar-refractivity contribution >= 4 is 40.9 Å². The number of carbonyl (C=O) groups excluding carboxylic acids is 1. The number of hydrogen-bond acceptors (Lipinski definition) is 3. The van der Waals surface area contributed by atoms with Crippen molar-refractivity contribution < 1.29 is 13.6 Å². The average molecular weight is 432 g/mol. The molecule has 0 bridgehead atoms. The minimum atomic E-state index is -0.697. The number of carbonyl (C=O) groups is 1. The summed E-state index contributed by atoms with van der Waals surface area (Å²) in [6, 6.07) is 2.38. The van der Waals surface area contributed by atoms with Crippen molar-refractivity contribution in [2.24, 2.45) is 4.99 Å². The molecule has 0 aromatic heterocycles. The molecule has 28 heavy (non-hydrogen) atoms. The zero-order chi connectivity index (χ0) is 19.6. The number of nitrogens with one attached hydrogen (secondary N) is 1. The van der Waals surface area contributed by atoms with E-state index in [0.717, 1.165) is 30.1 Å². The molecular weight excluding hydrogens is 404 g/mol. The molecule has 1 aliphatic carbocycles. The largest absolute Gasteiger partial charge is 0.350 e. The van der Waals surface area contributed by atoms with Gasteiger partial charge in [-0.15, -0.1) is 12.4 Å². The molecule has 3 rings (SSSR count). The normalized spacial score (nSPS) is 24.3. The molecule has 156 valence electrons. The second-order valence-corrected chi connectivity index (χ2v) is 8.86. The van der Waals surface area contributed by atoms with E-state index < -0.39 is 11.6 Å². The Bertz CT molecular complexity index is 740. The van der Waals surface area contributed by atoms with Crippen LogP contribution in [0.25, 0.3) is 0 Å². The van der Waals surface area contributed by atoms with E-state index in [4.69, 9.17) is 4.99 Å². The number of nitrogens with zero attached hydrogens (tertiary/aromatic N) is 2. The summed E-state index contributed by atoms with van der Waals surface area (Å²) in [5.41, 5.74) is 0.432. The fourth-order valence-electron chi connectivity index (χ4n) is 3.74. The number of amides is 1. The Morgan fingerprint density at radius 2 is 1.96 bits per heavy atom. The maximum Gasteiger partial charge on any atom is 0.226 e. The molecule has 8 heteroatoms. The maximum absolute atomic E-state index is 13.7. The number of thioether (sulfide) groups is 1. The zero-order valence-corrected chi connectivity index (χ0v) is 18.1. The lowest BCUT2D eigenvalue weighted by Gasteiger charge is -2.24. The summed E-state index contributed by atoms with van der Waals surface area (Å²) >= 11 is 1.71. The van der Waals surface area contributed by atoms with E-state index in [1.807, 2.05) is 7.05 Å². The third kappa shape index (κ3) is 5.38. The van der Waals surface area contributed by atoms with Crippen LogP contribution in [0.15, 0.2) is 17.1 Å². The number of aliphatic imine (C=N–C) groups is 1. The van der Waals surface area contributed by atoms with Crippen LogP contribution in [0.4, 0.5) is 14.5 Å². The summed E-state index contributed by atoms with van der Waals surface area (Å²) in [7, 11) is 1.98. The minimum absolute atomic E-state index is 0. The highest BCUT2D eigenvalue weighted by molar-refractivity contribution is 8.14. The fraction of sp³-hybridized carbons (Fsp3) is 0.600. The van der Waals surface area contributed by atoms with Crippen molar-refractivity contribution in [1.29, 1.82) is 0 Å². The predicted molar refractivity (Wildman–Crippen MR) is 115 cm³/mol. The van der Waals surface area contributed by atoms with Crippen LogP contribution in [0.2, 0.25) is 0 Å². The van der Waals surface area contributed by atoms with Gasteiger partial charge in [-0.2, -0.15) is 0 Å². The Balaban J connectivity index is 0.00000280. The summed E-state index contributed by atoms with van der Waals surface area (Å²) in [4.78, 5) is 19.5. The Hall–Kier alpha value is -1.34. The van der Waals surface area contributed by atoms with E-state index in [9.17, 15) is 13.6 Å². The van der Waals surface area contributed by atoms with E-state index in [2.05, 4.69) is 17.1 Å². The van der Waals surface area contributed by atoms with E-state index >= 15 is 0 Å². The molecule has 1 aromatic rings. The van der Waals surface area contributed by atoms with E-state index in [1.54, 1.807) is 11.8 Å². The molecule has 1 heterocycles. The highest BCUT2D eigenvalue weighted by Crippen LogP contribution is 2.34. The first kappa shape index (κ1) is 22.9. The first-order valence-corrected chi connectivity index (χ1v) is 10.5. The van der Waals surface area contributed by atoms with Crippen LogP contribution in [-0.2, 0) is 4.79 Å². The summed E-state index contributed by atoms with van der Waals surface area (Å²) in [5, 5.41) is 3.89. The van der Waals surface area contributed by atoms with Gasteiger partial charge >= 0.3 is 0 Å². The molecule has 1 aliphatic heterocycles. The lowest BCUT2D eigenvalue weighted by atomic mass is 9.96. The molecule has 2 aliphatic rings. The van der Waals surface area contributed by atoms with Crippen molar-refractivity contribution in [3.05, 3.63) is 29.3 Å². The van der Waals surface area contributed by atoms with Crippen LogP contribution < -0.4 is 5.32 Å². The average Bonchev–Trinajstić information content (AvgIpc) is 2.87. The molecular formula is C20H28ClF2N3OS. The van der Waals surface area contributed by atoms with E-state index in [1.165, 1.54) is 26.2 Å². The molecule has 4 nitrogen and oxygen atoms in total. The molecule has 2 atom stereocenters. The van der Waals surface area contributed by atoms with Gasteiger partial charge in [0.1, 0.15) is 11.6 Å². The first-order valence-electron chi connectivity index (χ1n) is 9.58. The molecule has 0 spiro atoms. The molecule has 1 saturated carbocycles. The number of halogens is 3. The molecule has 1 N–H and O–H groups in total. The summed E-state index contributed by atoms with van der Waals surface area (Å²) in [5.74, 6) is -1.60. The Morgan fingerprint density at radius 3 is 2.64 bits per heavy atom. The Labute approximate surface area is 176 Å². The smallest absolute Gasteiger partial charge is 0.226 e. The summed E-state index contributed by atoms with van der Waals surface area (Å²) in [6.45, 7) is 3.62. The van der Waals surface area contributed by atoms with Crippen LogP contribution in [0.5, 0.6) is 0 Å². The van der Waals surface area contributed by atoms with Gasteiger partial charge in [-0.05, 0) is 25.8 Å². The monoisotopic (exact) mass is 431 g/mol. The molecule has 0 radical (unpaired) electrons. The van der Waals surface area contributed by atoms with E-state index in [-0.39, 0.29) is 47.3 Å². The van der Waals surface area contributed by atoms with Crippen LogP contribution in [0.1, 0.15) is 51.0 Å².